The number of nitriles is 1. The average molecular weight is 256 g/mol. The highest BCUT2D eigenvalue weighted by Gasteiger charge is 2.17. The molecule has 0 heterocycles. The largest absolute Gasteiger partial charge is 0.385 e. The summed E-state index contributed by atoms with van der Waals surface area (Å²) in [5.41, 5.74) is 1.49. The molecule has 2 N–H and O–H groups in total. The summed E-state index contributed by atoms with van der Waals surface area (Å²) in [5.74, 6) is 0. The zero-order valence-corrected chi connectivity index (χ0v) is 9.19. The fraction of sp³-hybridized carbons (Fsp3) is 0.300. The SMILES string of the molecule is Cc1cc(C(O)C(O)C#N)ccc1Br. The summed E-state index contributed by atoms with van der Waals surface area (Å²) in [5, 5.41) is 27.1. The third-order valence-electron chi connectivity index (χ3n) is 1.95. The van der Waals surface area contributed by atoms with Crippen LogP contribution in [0.1, 0.15) is 17.2 Å². The Morgan fingerprint density at radius 2 is 2.07 bits per heavy atom. The van der Waals surface area contributed by atoms with Crippen molar-refractivity contribution in [2.75, 3.05) is 0 Å². The van der Waals surface area contributed by atoms with E-state index in [2.05, 4.69) is 15.9 Å². The molecule has 2 atom stereocenters. The van der Waals surface area contributed by atoms with Crippen molar-refractivity contribution in [2.24, 2.45) is 0 Å². The molecule has 1 aromatic carbocycles. The number of aliphatic hydroxyl groups is 2. The summed E-state index contributed by atoms with van der Waals surface area (Å²) in [6.07, 6.45) is -2.53. The minimum atomic E-state index is -1.38. The van der Waals surface area contributed by atoms with Gasteiger partial charge in [-0.1, -0.05) is 28.1 Å². The Morgan fingerprint density at radius 3 is 2.57 bits per heavy atom. The normalized spacial score (nSPS) is 14.5. The quantitative estimate of drug-likeness (QED) is 0.791. The van der Waals surface area contributed by atoms with E-state index < -0.39 is 12.2 Å². The van der Waals surface area contributed by atoms with Crippen LogP contribution in [0, 0.1) is 18.3 Å². The van der Waals surface area contributed by atoms with Crippen molar-refractivity contribution in [2.45, 2.75) is 19.1 Å². The van der Waals surface area contributed by atoms with E-state index in [9.17, 15) is 5.11 Å². The second-order valence-corrected chi connectivity index (χ2v) is 3.88. The molecule has 0 aliphatic rings. The highest BCUT2D eigenvalue weighted by atomic mass is 79.9. The van der Waals surface area contributed by atoms with E-state index in [1.807, 2.05) is 6.92 Å². The van der Waals surface area contributed by atoms with Crippen molar-refractivity contribution in [3.63, 3.8) is 0 Å². The van der Waals surface area contributed by atoms with Gasteiger partial charge in [0.05, 0.1) is 6.07 Å². The molecule has 0 aliphatic carbocycles. The minimum Gasteiger partial charge on any atom is -0.385 e. The fourth-order valence-corrected chi connectivity index (χ4v) is 1.35. The van der Waals surface area contributed by atoms with E-state index in [0.717, 1.165) is 10.0 Å². The lowest BCUT2D eigenvalue weighted by Gasteiger charge is -2.12. The van der Waals surface area contributed by atoms with Gasteiger partial charge in [-0.3, -0.25) is 0 Å². The van der Waals surface area contributed by atoms with Crippen molar-refractivity contribution in [1.82, 2.24) is 0 Å². The number of hydrogen-bond acceptors (Lipinski definition) is 3. The van der Waals surface area contributed by atoms with Gasteiger partial charge in [0, 0.05) is 4.47 Å². The number of rotatable bonds is 2. The number of hydrogen-bond donors (Lipinski definition) is 2. The van der Waals surface area contributed by atoms with Gasteiger partial charge in [0.15, 0.2) is 6.10 Å². The van der Waals surface area contributed by atoms with Gasteiger partial charge in [0.25, 0.3) is 0 Å². The monoisotopic (exact) mass is 255 g/mol. The third-order valence-corrected chi connectivity index (χ3v) is 2.84. The van der Waals surface area contributed by atoms with Gasteiger partial charge in [-0.05, 0) is 24.1 Å². The third kappa shape index (κ3) is 2.32. The Hall–Kier alpha value is -0.890. The Balaban J connectivity index is 2.98. The highest BCUT2D eigenvalue weighted by molar-refractivity contribution is 9.10. The molecule has 0 bridgehead atoms. The van der Waals surface area contributed by atoms with E-state index in [-0.39, 0.29) is 0 Å². The van der Waals surface area contributed by atoms with E-state index >= 15 is 0 Å². The van der Waals surface area contributed by atoms with Crippen molar-refractivity contribution in [3.05, 3.63) is 33.8 Å². The summed E-state index contributed by atoms with van der Waals surface area (Å²) in [6, 6.07) is 6.77. The second-order valence-electron chi connectivity index (χ2n) is 3.03. The van der Waals surface area contributed by atoms with E-state index in [1.54, 1.807) is 24.3 Å². The molecule has 0 saturated heterocycles. The first-order valence-electron chi connectivity index (χ1n) is 4.08. The molecular formula is C10H10BrNO2. The summed E-state index contributed by atoms with van der Waals surface area (Å²) in [4.78, 5) is 0. The molecular weight excluding hydrogens is 246 g/mol. The first-order valence-corrected chi connectivity index (χ1v) is 4.87. The Kier molecular flexibility index (Phi) is 3.64. The number of nitrogens with zero attached hydrogens (tertiary/aromatic N) is 1. The topological polar surface area (TPSA) is 64.2 Å². The van der Waals surface area contributed by atoms with Crippen LogP contribution in [-0.2, 0) is 0 Å². The van der Waals surface area contributed by atoms with Gasteiger partial charge in [-0.25, -0.2) is 0 Å². The van der Waals surface area contributed by atoms with Crippen molar-refractivity contribution in [3.8, 4) is 6.07 Å². The van der Waals surface area contributed by atoms with Crippen LogP contribution in [0.5, 0.6) is 0 Å². The van der Waals surface area contributed by atoms with Gasteiger partial charge < -0.3 is 10.2 Å². The van der Waals surface area contributed by atoms with Crippen LogP contribution < -0.4 is 0 Å². The molecule has 0 aromatic heterocycles. The molecule has 0 radical (unpaired) electrons. The van der Waals surface area contributed by atoms with Crippen LogP contribution in [0.4, 0.5) is 0 Å². The van der Waals surface area contributed by atoms with Gasteiger partial charge in [-0.15, -0.1) is 0 Å². The molecule has 0 amide bonds. The Morgan fingerprint density at radius 1 is 1.43 bits per heavy atom. The number of aryl methyl sites for hydroxylation is 1. The van der Waals surface area contributed by atoms with Crippen LogP contribution in [-0.4, -0.2) is 16.3 Å². The maximum absolute atomic E-state index is 9.52. The van der Waals surface area contributed by atoms with Gasteiger partial charge in [-0.2, -0.15) is 5.26 Å². The molecule has 14 heavy (non-hydrogen) atoms. The zero-order valence-electron chi connectivity index (χ0n) is 7.61. The molecule has 1 aromatic rings. The maximum atomic E-state index is 9.52. The van der Waals surface area contributed by atoms with E-state index in [4.69, 9.17) is 10.4 Å². The molecule has 3 nitrogen and oxygen atoms in total. The van der Waals surface area contributed by atoms with E-state index in [0.29, 0.717) is 5.56 Å². The smallest absolute Gasteiger partial charge is 0.170 e. The van der Waals surface area contributed by atoms with Crippen molar-refractivity contribution in [1.29, 1.82) is 5.26 Å². The first kappa shape index (κ1) is 11.2. The maximum Gasteiger partial charge on any atom is 0.170 e. The van der Waals surface area contributed by atoms with Gasteiger partial charge >= 0.3 is 0 Å². The number of halogens is 1. The highest BCUT2D eigenvalue weighted by Crippen LogP contribution is 2.22. The molecule has 0 spiro atoms. The number of aliphatic hydroxyl groups excluding tert-OH is 2. The molecule has 2 unspecified atom stereocenters. The van der Waals surface area contributed by atoms with E-state index in [1.165, 1.54) is 0 Å². The molecule has 0 aliphatic heterocycles. The Labute approximate surface area is 90.7 Å². The number of benzene rings is 1. The summed E-state index contributed by atoms with van der Waals surface area (Å²) in [7, 11) is 0. The van der Waals surface area contributed by atoms with Crippen LogP contribution in [0.15, 0.2) is 22.7 Å². The van der Waals surface area contributed by atoms with Crippen LogP contribution in [0.25, 0.3) is 0 Å². The standard InChI is InChI=1S/C10H10BrNO2/c1-6-4-7(2-3-8(6)11)10(14)9(13)5-12/h2-4,9-10,13-14H,1H3. The first-order chi connectivity index (χ1) is 6.56. The predicted octanol–water partition coefficient (Wildman–Crippen LogP) is 1.68. The fourth-order valence-electron chi connectivity index (χ4n) is 1.10. The summed E-state index contributed by atoms with van der Waals surface area (Å²) < 4.78 is 0.930. The van der Waals surface area contributed by atoms with Crippen LogP contribution in [0.3, 0.4) is 0 Å². The minimum absolute atomic E-state index is 0.541. The predicted molar refractivity (Wildman–Crippen MR) is 55.5 cm³/mol. The summed E-state index contributed by atoms with van der Waals surface area (Å²) in [6.45, 7) is 1.87. The molecule has 1 rings (SSSR count). The van der Waals surface area contributed by atoms with Gasteiger partial charge in [0.1, 0.15) is 6.10 Å². The lowest BCUT2D eigenvalue weighted by Crippen LogP contribution is -2.15. The van der Waals surface area contributed by atoms with Crippen molar-refractivity contribution >= 4 is 15.9 Å². The lowest BCUT2D eigenvalue weighted by atomic mass is 10.0. The average Bonchev–Trinajstić information content (AvgIpc) is 2.20. The summed E-state index contributed by atoms with van der Waals surface area (Å²) >= 11 is 3.32. The lowest BCUT2D eigenvalue weighted by molar-refractivity contribution is 0.0527. The second kappa shape index (κ2) is 4.56. The Bertz CT molecular complexity index is 373. The molecule has 0 saturated carbocycles. The van der Waals surface area contributed by atoms with Crippen molar-refractivity contribution < 1.29 is 10.2 Å². The van der Waals surface area contributed by atoms with Gasteiger partial charge in [0.2, 0.25) is 0 Å². The van der Waals surface area contributed by atoms with Crippen LogP contribution >= 0.6 is 15.9 Å². The molecule has 4 heteroatoms. The molecule has 0 fully saturated rings. The zero-order chi connectivity index (χ0) is 10.7. The van der Waals surface area contributed by atoms with Crippen LogP contribution in [0.2, 0.25) is 0 Å². The molecule has 74 valence electrons.